The van der Waals surface area contributed by atoms with Crippen molar-refractivity contribution in [2.45, 2.75) is 19.5 Å². The standard InChI is InChI=1S/C13H20F3N3O2/c1-3-21-6-4-5-19(9-13(14,15)16)12(20)11-7-10(17)8-18(11)2/h7-8H,3-6,9,17H2,1-2H3. The van der Waals surface area contributed by atoms with E-state index in [0.29, 0.717) is 25.3 Å². The maximum absolute atomic E-state index is 12.6. The van der Waals surface area contributed by atoms with Crippen molar-refractivity contribution in [3.8, 4) is 0 Å². The van der Waals surface area contributed by atoms with Crippen LogP contribution in [0.3, 0.4) is 0 Å². The quantitative estimate of drug-likeness (QED) is 0.784. The highest BCUT2D eigenvalue weighted by molar-refractivity contribution is 5.93. The third kappa shape index (κ3) is 5.66. The van der Waals surface area contributed by atoms with Gasteiger partial charge in [-0.3, -0.25) is 4.79 Å². The summed E-state index contributed by atoms with van der Waals surface area (Å²) < 4.78 is 44.3. The van der Waals surface area contributed by atoms with Crippen LogP contribution in [0.4, 0.5) is 18.9 Å². The summed E-state index contributed by atoms with van der Waals surface area (Å²) in [6.07, 6.45) is -2.62. The molecule has 0 saturated heterocycles. The smallest absolute Gasteiger partial charge is 0.397 e. The van der Waals surface area contributed by atoms with Crippen LogP contribution in [-0.4, -0.2) is 47.9 Å². The first kappa shape index (κ1) is 17.4. The molecule has 5 nitrogen and oxygen atoms in total. The fourth-order valence-electron chi connectivity index (χ4n) is 1.94. The van der Waals surface area contributed by atoms with E-state index in [0.717, 1.165) is 4.90 Å². The van der Waals surface area contributed by atoms with Crippen molar-refractivity contribution >= 4 is 11.6 Å². The molecule has 0 spiro atoms. The number of aryl methyl sites for hydroxylation is 1. The van der Waals surface area contributed by atoms with Crippen LogP contribution in [0.25, 0.3) is 0 Å². The van der Waals surface area contributed by atoms with Gasteiger partial charge in [0.1, 0.15) is 12.2 Å². The zero-order chi connectivity index (χ0) is 16.0. The number of hydrogen-bond donors (Lipinski definition) is 1. The molecule has 1 heterocycles. The predicted octanol–water partition coefficient (Wildman–Crippen LogP) is 2.04. The molecule has 0 aliphatic heterocycles. The number of nitrogens with two attached hydrogens (primary N) is 1. The number of nitrogens with zero attached hydrogens (tertiary/aromatic N) is 2. The topological polar surface area (TPSA) is 60.5 Å². The lowest BCUT2D eigenvalue weighted by atomic mass is 10.3. The molecule has 0 fully saturated rings. The van der Waals surface area contributed by atoms with Gasteiger partial charge in [0.15, 0.2) is 0 Å². The number of anilines is 1. The van der Waals surface area contributed by atoms with E-state index in [2.05, 4.69) is 0 Å². The van der Waals surface area contributed by atoms with Gasteiger partial charge in [0.05, 0.1) is 5.69 Å². The number of halogens is 3. The lowest BCUT2D eigenvalue weighted by molar-refractivity contribution is -0.141. The van der Waals surface area contributed by atoms with E-state index in [-0.39, 0.29) is 12.2 Å². The number of hydrogen-bond acceptors (Lipinski definition) is 3. The maximum atomic E-state index is 12.6. The van der Waals surface area contributed by atoms with Crippen LogP contribution < -0.4 is 5.73 Å². The van der Waals surface area contributed by atoms with Gasteiger partial charge < -0.3 is 19.9 Å². The van der Waals surface area contributed by atoms with Gasteiger partial charge in [0.25, 0.3) is 5.91 Å². The summed E-state index contributed by atoms with van der Waals surface area (Å²) in [7, 11) is 1.57. The predicted molar refractivity (Wildman–Crippen MR) is 72.9 cm³/mol. The van der Waals surface area contributed by atoms with Crippen molar-refractivity contribution in [3.63, 3.8) is 0 Å². The molecule has 0 saturated carbocycles. The van der Waals surface area contributed by atoms with Gasteiger partial charge in [-0.25, -0.2) is 0 Å². The van der Waals surface area contributed by atoms with Crippen LogP contribution >= 0.6 is 0 Å². The van der Waals surface area contributed by atoms with E-state index >= 15 is 0 Å². The summed E-state index contributed by atoms with van der Waals surface area (Å²) in [6, 6.07) is 1.37. The van der Waals surface area contributed by atoms with E-state index in [4.69, 9.17) is 10.5 Å². The van der Waals surface area contributed by atoms with Crippen molar-refractivity contribution in [1.29, 1.82) is 0 Å². The van der Waals surface area contributed by atoms with Gasteiger partial charge >= 0.3 is 6.18 Å². The van der Waals surface area contributed by atoms with Gasteiger partial charge in [-0.15, -0.1) is 0 Å². The maximum Gasteiger partial charge on any atom is 0.406 e. The Hall–Kier alpha value is -1.70. The lowest BCUT2D eigenvalue weighted by Gasteiger charge is -2.24. The average Bonchev–Trinajstić information content (AvgIpc) is 2.70. The number of carbonyl (C=O) groups excluding carboxylic acids is 1. The second-order valence-corrected chi connectivity index (χ2v) is 4.66. The summed E-state index contributed by atoms with van der Waals surface area (Å²) in [5.74, 6) is -0.692. The summed E-state index contributed by atoms with van der Waals surface area (Å²) in [5, 5.41) is 0. The molecule has 2 N–H and O–H groups in total. The Labute approximate surface area is 121 Å². The van der Waals surface area contributed by atoms with Gasteiger partial charge in [-0.1, -0.05) is 0 Å². The van der Waals surface area contributed by atoms with Crippen LogP contribution in [0.1, 0.15) is 23.8 Å². The summed E-state index contributed by atoms with van der Waals surface area (Å²) in [6.45, 7) is 1.28. The fraction of sp³-hybridized carbons (Fsp3) is 0.615. The van der Waals surface area contributed by atoms with E-state index in [9.17, 15) is 18.0 Å². The fourth-order valence-corrected chi connectivity index (χ4v) is 1.94. The Kier molecular flexibility index (Phi) is 6.07. The normalized spacial score (nSPS) is 11.7. The SMILES string of the molecule is CCOCCCN(CC(F)(F)F)C(=O)c1cc(N)cn1C. The van der Waals surface area contributed by atoms with Crippen LogP contribution in [0.2, 0.25) is 0 Å². The number of rotatable bonds is 7. The number of nitrogen functional groups attached to an aromatic ring is 1. The summed E-state index contributed by atoms with van der Waals surface area (Å²) >= 11 is 0. The molecule has 120 valence electrons. The van der Waals surface area contributed by atoms with E-state index < -0.39 is 18.6 Å². The van der Waals surface area contributed by atoms with Crippen LogP contribution in [-0.2, 0) is 11.8 Å². The summed E-state index contributed by atoms with van der Waals surface area (Å²) in [4.78, 5) is 13.0. The Bertz CT molecular complexity index is 472. The van der Waals surface area contributed by atoms with Gasteiger partial charge in [0.2, 0.25) is 0 Å². The molecule has 21 heavy (non-hydrogen) atoms. The zero-order valence-corrected chi connectivity index (χ0v) is 12.1. The van der Waals surface area contributed by atoms with Crippen molar-refractivity contribution in [2.75, 3.05) is 32.0 Å². The first-order chi connectivity index (χ1) is 9.74. The lowest BCUT2D eigenvalue weighted by Crippen LogP contribution is -2.40. The van der Waals surface area contributed by atoms with Crippen molar-refractivity contribution in [2.24, 2.45) is 7.05 Å². The molecule has 0 bridgehead atoms. The number of aromatic nitrogens is 1. The number of amides is 1. The minimum atomic E-state index is -4.45. The van der Waals surface area contributed by atoms with Crippen molar-refractivity contribution in [1.82, 2.24) is 9.47 Å². The van der Waals surface area contributed by atoms with E-state index in [1.165, 1.54) is 16.8 Å². The minimum absolute atomic E-state index is 0.0244. The molecule has 0 aliphatic rings. The van der Waals surface area contributed by atoms with Crippen molar-refractivity contribution in [3.05, 3.63) is 18.0 Å². The molecule has 0 radical (unpaired) electrons. The molecule has 0 aromatic carbocycles. The van der Waals surface area contributed by atoms with Crippen molar-refractivity contribution < 1.29 is 22.7 Å². The Morgan fingerprint density at radius 2 is 2.14 bits per heavy atom. The van der Waals surface area contributed by atoms with Crippen LogP contribution in [0.15, 0.2) is 12.3 Å². The van der Waals surface area contributed by atoms with E-state index in [1.807, 2.05) is 0 Å². The largest absolute Gasteiger partial charge is 0.406 e. The highest BCUT2D eigenvalue weighted by atomic mass is 19.4. The molecule has 1 rings (SSSR count). The molecule has 1 aromatic rings. The monoisotopic (exact) mass is 307 g/mol. The highest BCUT2D eigenvalue weighted by Crippen LogP contribution is 2.19. The minimum Gasteiger partial charge on any atom is -0.397 e. The molecule has 0 unspecified atom stereocenters. The van der Waals surface area contributed by atoms with Gasteiger partial charge in [-0.2, -0.15) is 13.2 Å². The van der Waals surface area contributed by atoms with Gasteiger partial charge in [-0.05, 0) is 19.4 Å². The molecular weight excluding hydrogens is 287 g/mol. The Morgan fingerprint density at radius 3 is 2.62 bits per heavy atom. The second kappa shape index (κ2) is 7.35. The molecular formula is C13H20F3N3O2. The first-order valence-electron chi connectivity index (χ1n) is 6.60. The zero-order valence-electron chi connectivity index (χ0n) is 12.1. The van der Waals surface area contributed by atoms with Gasteiger partial charge in [0, 0.05) is 33.0 Å². The van der Waals surface area contributed by atoms with Crippen LogP contribution in [0, 0.1) is 0 Å². The average molecular weight is 307 g/mol. The van der Waals surface area contributed by atoms with E-state index in [1.54, 1.807) is 14.0 Å². The number of ether oxygens (including phenoxy) is 1. The number of carbonyl (C=O) groups is 1. The van der Waals surface area contributed by atoms with Crippen LogP contribution in [0.5, 0.6) is 0 Å². The molecule has 1 amide bonds. The first-order valence-corrected chi connectivity index (χ1v) is 6.60. The Balaban J connectivity index is 2.79. The molecule has 8 heteroatoms. The number of alkyl halides is 3. The summed E-state index contributed by atoms with van der Waals surface area (Å²) in [5.41, 5.74) is 6.02. The molecule has 0 aliphatic carbocycles. The Morgan fingerprint density at radius 1 is 1.48 bits per heavy atom. The third-order valence-corrected chi connectivity index (χ3v) is 2.82. The third-order valence-electron chi connectivity index (χ3n) is 2.82. The highest BCUT2D eigenvalue weighted by Gasteiger charge is 2.33. The molecule has 1 aromatic heterocycles. The second-order valence-electron chi connectivity index (χ2n) is 4.66. The molecule has 0 atom stereocenters.